The van der Waals surface area contributed by atoms with E-state index in [-0.39, 0.29) is 0 Å². The molecule has 1 aliphatic rings. The molecule has 1 heterocycles. The van der Waals surface area contributed by atoms with Gasteiger partial charge >= 0.3 is 0 Å². The number of hydrogen-bond donors (Lipinski definition) is 1. The van der Waals surface area contributed by atoms with E-state index in [1.807, 2.05) is 0 Å². The Balaban J connectivity index is 1.94. The maximum Gasteiger partial charge on any atom is 0.139 e. The number of rotatable bonds is 3. The van der Waals surface area contributed by atoms with Crippen LogP contribution in [0.25, 0.3) is 0 Å². The maximum absolute atomic E-state index is 5.98. The molecule has 1 N–H and O–H groups in total. The van der Waals surface area contributed by atoms with Crippen molar-refractivity contribution in [1.29, 1.82) is 0 Å². The van der Waals surface area contributed by atoms with Crippen LogP contribution in [0.15, 0.2) is 18.2 Å². The number of halogens is 2. The van der Waals surface area contributed by atoms with Crippen LogP contribution in [-0.4, -0.2) is 19.2 Å². The lowest BCUT2D eigenvalue weighted by atomic mass is 10.2. The normalized spacial score (nSPS) is 20.5. The van der Waals surface area contributed by atoms with Crippen LogP contribution in [0.5, 0.6) is 5.75 Å². The molecule has 1 saturated heterocycles. The quantitative estimate of drug-likeness (QED) is 0.884. The van der Waals surface area contributed by atoms with E-state index in [2.05, 4.69) is 5.32 Å². The molecule has 0 aliphatic carbocycles. The number of nitrogens with one attached hydrogen (secondary N) is 1. The molecular formula is C11H13Cl2NO. The smallest absolute Gasteiger partial charge is 0.139 e. The molecule has 0 radical (unpaired) electrons. The van der Waals surface area contributed by atoms with E-state index in [1.165, 1.54) is 6.42 Å². The molecule has 0 bridgehead atoms. The zero-order chi connectivity index (χ0) is 10.7. The highest BCUT2D eigenvalue weighted by Crippen LogP contribution is 2.27. The Morgan fingerprint density at radius 2 is 2.27 bits per heavy atom. The molecular weight excluding hydrogens is 233 g/mol. The van der Waals surface area contributed by atoms with Gasteiger partial charge in [-0.15, -0.1) is 0 Å². The van der Waals surface area contributed by atoms with Crippen LogP contribution in [0.2, 0.25) is 10.0 Å². The van der Waals surface area contributed by atoms with Crippen LogP contribution in [-0.2, 0) is 0 Å². The van der Waals surface area contributed by atoms with Gasteiger partial charge in [0.25, 0.3) is 0 Å². The largest absolute Gasteiger partial charge is 0.490 e. The minimum Gasteiger partial charge on any atom is -0.490 e. The summed E-state index contributed by atoms with van der Waals surface area (Å²) in [6, 6.07) is 5.70. The third kappa shape index (κ3) is 3.00. The average molecular weight is 246 g/mol. The minimum absolute atomic E-state index is 0.444. The Hall–Kier alpha value is -0.440. The molecule has 1 aromatic carbocycles. The Kier molecular flexibility index (Phi) is 3.73. The molecule has 4 heteroatoms. The lowest BCUT2D eigenvalue weighted by Crippen LogP contribution is -2.28. The molecule has 1 atom stereocenters. The summed E-state index contributed by atoms with van der Waals surface area (Å²) in [6.45, 7) is 1.73. The topological polar surface area (TPSA) is 21.3 Å². The number of hydrogen-bond acceptors (Lipinski definition) is 2. The van der Waals surface area contributed by atoms with E-state index in [4.69, 9.17) is 27.9 Å². The predicted octanol–water partition coefficient (Wildman–Crippen LogP) is 3.12. The second-order valence-corrected chi connectivity index (χ2v) is 4.52. The highest BCUT2D eigenvalue weighted by Gasteiger charge is 2.15. The average Bonchev–Trinajstić information content (AvgIpc) is 2.72. The second-order valence-electron chi connectivity index (χ2n) is 3.68. The molecule has 1 fully saturated rings. The summed E-state index contributed by atoms with van der Waals surface area (Å²) in [6.07, 6.45) is 2.38. The first-order valence-corrected chi connectivity index (χ1v) is 5.82. The van der Waals surface area contributed by atoms with Crippen molar-refractivity contribution >= 4 is 23.2 Å². The summed E-state index contributed by atoms with van der Waals surface area (Å²) in [5, 5.41) is 4.62. The fourth-order valence-electron chi connectivity index (χ4n) is 1.68. The van der Waals surface area contributed by atoms with Crippen molar-refractivity contribution in [3.8, 4) is 5.75 Å². The summed E-state index contributed by atoms with van der Waals surface area (Å²) >= 11 is 11.8. The van der Waals surface area contributed by atoms with Crippen LogP contribution in [0, 0.1) is 0 Å². The van der Waals surface area contributed by atoms with E-state index < -0.39 is 0 Å². The maximum atomic E-state index is 5.98. The van der Waals surface area contributed by atoms with Crippen LogP contribution in [0.3, 0.4) is 0 Å². The molecule has 0 spiro atoms. The fourth-order valence-corrected chi connectivity index (χ4v) is 2.01. The summed E-state index contributed by atoms with van der Waals surface area (Å²) in [4.78, 5) is 0. The van der Waals surface area contributed by atoms with Gasteiger partial charge in [0.2, 0.25) is 0 Å². The van der Waals surface area contributed by atoms with Gasteiger partial charge in [0.1, 0.15) is 12.4 Å². The van der Waals surface area contributed by atoms with Crippen molar-refractivity contribution in [2.75, 3.05) is 13.2 Å². The zero-order valence-corrected chi connectivity index (χ0v) is 9.81. The molecule has 1 aromatic rings. The summed E-state index contributed by atoms with van der Waals surface area (Å²) in [7, 11) is 0. The lowest BCUT2D eigenvalue weighted by Gasteiger charge is -2.13. The Morgan fingerprint density at radius 1 is 1.40 bits per heavy atom. The summed E-state index contributed by atoms with van der Waals surface area (Å²) in [5.74, 6) is 0.665. The first-order valence-electron chi connectivity index (χ1n) is 5.07. The predicted molar refractivity (Wildman–Crippen MR) is 63.0 cm³/mol. The standard InChI is InChI=1S/C11H13Cl2NO/c12-8-3-4-10(13)11(6-8)15-7-9-2-1-5-14-9/h3-4,6,9,14H,1-2,5,7H2/t9-/m1/s1. The van der Waals surface area contributed by atoms with Crippen LogP contribution >= 0.6 is 23.2 Å². The van der Waals surface area contributed by atoms with Crippen molar-refractivity contribution in [2.24, 2.45) is 0 Å². The van der Waals surface area contributed by atoms with E-state index in [0.717, 1.165) is 13.0 Å². The van der Waals surface area contributed by atoms with Gasteiger partial charge < -0.3 is 10.1 Å². The van der Waals surface area contributed by atoms with Crippen molar-refractivity contribution < 1.29 is 4.74 Å². The van der Waals surface area contributed by atoms with Crippen molar-refractivity contribution in [3.63, 3.8) is 0 Å². The molecule has 15 heavy (non-hydrogen) atoms. The molecule has 2 rings (SSSR count). The van der Waals surface area contributed by atoms with Gasteiger partial charge in [-0.05, 0) is 31.5 Å². The monoisotopic (exact) mass is 245 g/mol. The first kappa shape index (κ1) is 11.1. The highest BCUT2D eigenvalue weighted by atomic mass is 35.5. The summed E-state index contributed by atoms with van der Waals surface area (Å²) in [5.41, 5.74) is 0. The van der Waals surface area contributed by atoms with Crippen LogP contribution < -0.4 is 10.1 Å². The molecule has 2 nitrogen and oxygen atoms in total. The van der Waals surface area contributed by atoms with Gasteiger partial charge in [-0.3, -0.25) is 0 Å². The number of benzene rings is 1. The van der Waals surface area contributed by atoms with Crippen molar-refractivity contribution in [3.05, 3.63) is 28.2 Å². The SMILES string of the molecule is Clc1ccc(Cl)c(OC[C@H]2CCCN2)c1. The van der Waals surface area contributed by atoms with Crippen LogP contribution in [0.1, 0.15) is 12.8 Å². The minimum atomic E-state index is 0.444. The Labute approximate surface area is 99.5 Å². The van der Waals surface area contributed by atoms with E-state index in [0.29, 0.717) is 28.4 Å². The van der Waals surface area contributed by atoms with Gasteiger partial charge in [-0.1, -0.05) is 23.2 Å². The first-order chi connectivity index (χ1) is 7.25. The molecule has 0 amide bonds. The third-order valence-corrected chi connectivity index (χ3v) is 3.04. The van der Waals surface area contributed by atoms with Gasteiger partial charge in [0.05, 0.1) is 5.02 Å². The molecule has 0 aromatic heterocycles. The van der Waals surface area contributed by atoms with E-state index in [9.17, 15) is 0 Å². The second kappa shape index (κ2) is 5.06. The Bertz CT molecular complexity index is 337. The molecule has 82 valence electrons. The van der Waals surface area contributed by atoms with Gasteiger partial charge in [-0.2, -0.15) is 0 Å². The van der Waals surface area contributed by atoms with Gasteiger partial charge in [0, 0.05) is 17.1 Å². The van der Waals surface area contributed by atoms with Gasteiger partial charge in [-0.25, -0.2) is 0 Å². The summed E-state index contributed by atoms with van der Waals surface area (Å²) < 4.78 is 5.62. The lowest BCUT2D eigenvalue weighted by molar-refractivity contribution is 0.277. The Morgan fingerprint density at radius 3 is 3.00 bits per heavy atom. The van der Waals surface area contributed by atoms with E-state index in [1.54, 1.807) is 18.2 Å². The molecule has 0 unspecified atom stereocenters. The van der Waals surface area contributed by atoms with Crippen molar-refractivity contribution in [2.45, 2.75) is 18.9 Å². The fraction of sp³-hybridized carbons (Fsp3) is 0.455. The van der Waals surface area contributed by atoms with Crippen LogP contribution in [0.4, 0.5) is 0 Å². The highest BCUT2D eigenvalue weighted by molar-refractivity contribution is 6.34. The molecule has 0 saturated carbocycles. The zero-order valence-electron chi connectivity index (χ0n) is 8.30. The van der Waals surface area contributed by atoms with E-state index >= 15 is 0 Å². The molecule has 1 aliphatic heterocycles. The van der Waals surface area contributed by atoms with Crippen molar-refractivity contribution in [1.82, 2.24) is 5.32 Å². The number of ether oxygens (including phenoxy) is 1. The third-order valence-electron chi connectivity index (χ3n) is 2.50. The van der Waals surface area contributed by atoms with Gasteiger partial charge in [0.15, 0.2) is 0 Å².